The molecule has 0 spiro atoms. The highest BCUT2D eigenvalue weighted by atomic mass is 19.4. The van der Waals surface area contributed by atoms with E-state index in [0.29, 0.717) is 29.0 Å². The number of benzene rings is 2. The maximum Gasteiger partial charge on any atom is 0.471 e. The van der Waals surface area contributed by atoms with E-state index in [1.807, 2.05) is 30.3 Å². The third-order valence-corrected chi connectivity index (χ3v) is 8.51. The summed E-state index contributed by atoms with van der Waals surface area (Å²) in [5, 5.41) is 12.2. The van der Waals surface area contributed by atoms with Crippen LogP contribution in [0.1, 0.15) is 80.5 Å². The van der Waals surface area contributed by atoms with Crippen LogP contribution < -0.4 is 5.32 Å². The SMILES string of the molecule is O=C(Nc1cccc(C2OC(CN3CCCCCCC3)CC(c3ccc(CO)cc3)O2)c1)C1CCCN1C(=O)C(F)(F)F. The normalized spacial score (nSPS) is 25.6. The minimum atomic E-state index is -5.03. The molecule has 3 saturated heterocycles. The van der Waals surface area contributed by atoms with E-state index in [9.17, 15) is 27.9 Å². The van der Waals surface area contributed by atoms with Gasteiger partial charge in [-0.1, -0.05) is 55.7 Å². The van der Waals surface area contributed by atoms with E-state index in [-0.39, 0.29) is 31.8 Å². The summed E-state index contributed by atoms with van der Waals surface area (Å²) < 4.78 is 52.1. The van der Waals surface area contributed by atoms with Crippen molar-refractivity contribution in [3.8, 4) is 0 Å². The van der Waals surface area contributed by atoms with E-state index < -0.39 is 30.3 Å². The molecule has 2 aromatic carbocycles. The van der Waals surface area contributed by atoms with Crippen LogP contribution in [0.2, 0.25) is 0 Å². The van der Waals surface area contributed by atoms with E-state index >= 15 is 0 Å². The fourth-order valence-electron chi connectivity index (χ4n) is 6.25. The molecular formula is C32H40F3N3O5. The van der Waals surface area contributed by atoms with Crippen molar-refractivity contribution in [1.29, 1.82) is 0 Å². The Bertz CT molecular complexity index is 1230. The Kier molecular flexibility index (Phi) is 10.4. The number of rotatable bonds is 7. The molecule has 2 amide bonds. The average molecular weight is 604 g/mol. The smallest absolute Gasteiger partial charge is 0.392 e. The minimum Gasteiger partial charge on any atom is -0.392 e. The molecule has 4 unspecified atom stereocenters. The van der Waals surface area contributed by atoms with Gasteiger partial charge in [0.1, 0.15) is 6.04 Å². The molecule has 3 heterocycles. The molecule has 0 bridgehead atoms. The van der Waals surface area contributed by atoms with Crippen LogP contribution in [-0.2, 0) is 25.7 Å². The molecule has 43 heavy (non-hydrogen) atoms. The van der Waals surface area contributed by atoms with E-state index in [1.54, 1.807) is 18.2 Å². The first-order chi connectivity index (χ1) is 20.7. The zero-order chi connectivity index (χ0) is 30.4. The summed E-state index contributed by atoms with van der Waals surface area (Å²) in [4.78, 5) is 27.9. The summed E-state index contributed by atoms with van der Waals surface area (Å²) in [5.41, 5.74) is 2.84. The van der Waals surface area contributed by atoms with Gasteiger partial charge < -0.3 is 29.7 Å². The second kappa shape index (κ2) is 14.2. The summed E-state index contributed by atoms with van der Waals surface area (Å²) in [6.07, 6.45) is 1.07. The molecule has 8 nitrogen and oxygen atoms in total. The van der Waals surface area contributed by atoms with Crippen LogP contribution in [-0.4, -0.2) is 71.2 Å². The summed E-state index contributed by atoms with van der Waals surface area (Å²) >= 11 is 0. The lowest BCUT2D eigenvalue weighted by molar-refractivity contribution is -0.253. The Morgan fingerprint density at radius 3 is 2.33 bits per heavy atom. The first kappa shape index (κ1) is 31.4. The molecule has 4 atom stereocenters. The molecule has 3 fully saturated rings. The second-order valence-corrected chi connectivity index (χ2v) is 11.7. The third-order valence-electron chi connectivity index (χ3n) is 8.51. The van der Waals surface area contributed by atoms with Crippen molar-refractivity contribution < 1.29 is 37.3 Å². The average Bonchev–Trinajstić information content (AvgIpc) is 3.48. The van der Waals surface area contributed by atoms with Crippen LogP contribution in [0.15, 0.2) is 48.5 Å². The number of nitrogens with zero attached hydrogens (tertiary/aromatic N) is 2. The minimum absolute atomic E-state index is 0.0450. The number of nitrogens with one attached hydrogen (secondary N) is 1. The van der Waals surface area contributed by atoms with E-state index in [0.717, 1.165) is 43.6 Å². The summed E-state index contributed by atoms with van der Waals surface area (Å²) in [7, 11) is 0. The van der Waals surface area contributed by atoms with Gasteiger partial charge in [-0.05, 0) is 62.0 Å². The highest BCUT2D eigenvalue weighted by Crippen LogP contribution is 2.39. The van der Waals surface area contributed by atoms with E-state index in [1.165, 1.54) is 19.3 Å². The van der Waals surface area contributed by atoms with E-state index in [2.05, 4.69) is 10.2 Å². The zero-order valence-corrected chi connectivity index (χ0v) is 24.2. The monoisotopic (exact) mass is 603 g/mol. The highest BCUT2D eigenvalue weighted by molar-refractivity contribution is 5.98. The first-order valence-corrected chi connectivity index (χ1v) is 15.2. The topological polar surface area (TPSA) is 91.3 Å². The van der Waals surface area contributed by atoms with Gasteiger partial charge in [0.15, 0.2) is 6.29 Å². The quantitative estimate of drug-likeness (QED) is 0.436. The van der Waals surface area contributed by atoms with Crippen molar-refractivity contribution in [1.82, 2.24) is 9.80 Å². The predicted molar refractivity (Wildman–Crippen MR) is 154 cm³/mol. The molecule has 11 heteroatoms. The standard InChI is InChI=1S/C32H40F3N3O5/c33-32(34,35)31(41)38-17-7-10-27(38)29(40)36-25-9-6-8-24(18-25)30-42-26(20-37-15-4-2-1-3-5-16-37)19-28(43-30)23-13-11-22(21-39)12-14-23/h6,8-9,11-14,18,26-28,30,39H,1-5,7,10,15-17,19-21H2,(H,36,40). The largest absolute Gasteiger partial charge is 0.471 e. The van der Waals surface area contributed by atoms with Crippen molar-refractivity contribution in [2.75, 3.05) is 31.5 Å². The fourth-order valence-corrected chi connectivity index (χ4v) is 6.25. The summed E-state index contributed by atoms with van der Waals surface area (Å²) in [5.74, 6) is -2.65. The molecule has 3 aliphatic rings. The summed E-state index contributed by atoms with van der Waals surface area (Å²) in [6.45, 7) is 2.66. The lowest BCUT2D eigenvalue weighted by Crippen LogP contribution is -2.48. The van der Waals surface area contributed by atoms with Crippen LogP contribution in [0, 0.1) is 0 Å². The Morgan fingerprint density at radius 2 is 1.63 bits per heavy atom. The Morgan fingerprint density at radius 1 is 0.907 bits per heavy atom. The lowest BCUT2D eigenvalue weighted by Gasteiger charge is -2.39. The fraction of sp³-hybridized carbons (Fsp3) is 0.562. The number of amides is 2. The van der Waals surface area contributed by atoms with Crippen LogP contribution in [0.3, 0.4) is 0 Å². The number of carbonyl (C=O) groups is 2. The number of ether oxygens (including phenoxy) is 2. The Balaban J connectivity index is 1.32. The van der Waals surface area contributed by atoms with Gasteiger partial charge in [-0.15, -0.1) is 0 Å². The number of halogens is 3. The molecule has 5 rings (SSSR count). The number of aliphatic hydroxyl groups excluding tert-OH is 1. The van der Waals surface area contributed by atoms with Crippen molar-refractivity contribution in [3.63, 3.8) is 0 Å². The number of anilines is 1. The molecule has 3 aliphatic heterocycles. The zero-order valence-electron chi connectivity index (χ0n) is 24.2. The van der Waals surface area contributed by atoms with Crippen LogP contribution in [0.25, 0.3) is 0 Å². The molecule has 0 aromatic heterocycles. The van der Waals surface area contributed by atoms with Gasteiger partial charge in [0, 0.05) is 30.8 Å². The van der Waals surface area contributed by atoms with Crippen LogP contribution in [0.4, 0.5) is 18.9 Å². The molecule has 2 N–H and O–H groups in total. The Labute approximate surface area is 250 Å². The molecule has 2 aromatic rings. The molecule has 0 saturated carbocycles. The second-order valence-electron chi connectivity index (χ2n) is 11.7. The number of hydrogen-bond acceptors (Lipinski definition) is 6. The maximum atomic E-state index is 13.1. The first-order valence-electron chi connectivity index (χ1n) is 15.2. The van der Waals surface area contributed by atoms with Crippen molar-refractivity contribution >= 4 is 17.5 Å². The number of alkyl halides is 3. The number of carbonyl (C=O) groups excluding carboxylic acids is 2. The number of likely N-dealkylation sites (tertiary alicyclic amines) is 2. The summed E-state index contributed by atoms with van der Waals surface area (Å²) in [6, 6.07) is 13.4. The lowest BCUT2D eigenvalue weighted by atomic mass is 9.99. The van der Waals surface area contributed by atoms with Crippen molar-refractivity contribution in [3.05, 3.63) is 65.2 Å². The van der Waals surface area contributed by atoms with E-state index in [4.69, 9.17) is 9.47 Å². The van der Waals surface area contributed by atoms with Gasteiger partial charge >= 0.3 is 12.1 Å². The number of hydrogen-bond donors (Lipinski definition) is 2. The molecule has 0 radical (unpaired) electrons. The van der Waals surface area contributed by atoms with Crippen LogP contribution >= 0.6 is 0 Å². The van der Waals surface area contributed by atoms with Gasteiger partial charge in [0.05, 0.1) is 18.8 Å². The van der Waals surface area contributed by atoms with Gasteiger partial charge in [-0.3, -0.25) is 9.59 Å². The predicted octanol–water partition coefficient (Wildman–Crippen LogP) is 5.48. The van der Waals surface area contributed by atoms with Gasteiger partial charge in [0.2, 0.25) is 5.91 Å². The highest BCUT2D eigenvalue weighted by Gasteiger charge is 2.47. The van der Waals surface area contributed by atoms with Crippen molar-refractivity contribution in [2.45, 2.75) is 88.7 Å². The van der Waals surface area contributed by atoms with Crippen LogP contribution in [0.5, 0.6) is 0 Å². The third kappa shape index (κ3) is 8.14. The van der Waals surface area contributed by atoms with Crippen molar-refractivity contribution in [2.24, 2.45) is 0 Å². The van der Waals surface area contributed by atoms with Gasteiger partial charge in [0.25, 0.3) is 0 Å². The molecule has 234 valence electrons. The molecular weight excluding hydrogens is 563 g/mol. The van der Waals surface area contributed by atoms with Gasteiger partial charge in [-0.25, -0.2) is 0 Å². The maximum absolute atomic E-state index is 13.1. The number of aliphatic hydroxyl groups is 1. The van der Waals surface area contributed by atoms with Gasteiger partial charge in [-0.2, -0.15) is 13.2 Å². The molecule has 0 aliphatic carbocycles. The Hall–Kier alpha value is -2.99.